The number of hydrogen-bond acceptors (Lipinski definition) is 2. The largest absolute Gasteiger partial charge is 0.395 e. The van der Waals surface area contributed by atoms with E-state index in [1.807, 2.05) is 18.2 Å². The molecule has 2 aromatic carbocycles. The van der Waals surface area contributed by atoms with Crippen molar-refractivity contribution >= 4 is 15.9 Å². The highest BCUT2D eigenvalue weighted by Gasteiger charge is 2.15. The minimum Gasteiger partial charge on any atom is -0.395 e. The summed E-state index contributed by atoms with van der Waals surface area (Å²) in [5.74, 6) is 0. The Labute approximate surface area is 135 Å². The van der Waals surface area contributed by atoms with Crippen LogP contribution in [0.3, 0.4) is 0 Å². The number of aliphatic hydroxyl groups is 1. The second-order valence-electron chi connectivity index (χ2n) is 5.25. The van der Waals surface area contributed by atoms with E-state index in [2.05, 4.69) is 64.6 Å². The Morgan fingerprint density at radius 3 is 2.29 bits per heavy atom. The predicted molar refractivity (Wildman–Crippen MR) is 91.3 cm³/mol. The van der Waals surface area contributed by atoms with Crippen molar-refractivity contribution in [3.63, 3.8) is 0 Å². The first-order chi connectivity index (χ1) is 10.2. The number of halogens is 1. The molecule has 2 nitrogen and oxygen atoms in total. The lowest BCUT2D eigenvalue weighted by Gasteiger charge is -2.24. The minimum absolute atomic E-state index is 0.0704. The van der Waals surface area contributed by atoms with Crippen LogP contribution >= 0.6 is 15.9 Å². The number of aliphatic hydroxyl groups excluding tert-OH is 1. The Morgan fingerprint density at radius 2 is 1.71 bits per heavy atom. The van der Waals surface area contributed by atoms with Gasteiger partial charge in [0.25, 0.3) is 0 Å². The van der Waals surface area contributed by atoms with Crippen LogP contribution in [0.1, 0.15) is 30.5 Å². The second-order valence-corrected chi connectivity index (χ2v) is 6.16. The maximum absolute atomic E-state index is 9.65. The topological polar surface area (TPSA) is 32.3 Å². The van der Waals surface area contributed by atoms with Gasteiger partial charge in [0, 0.05) is 16.6 Å². The van der Waals surface area contributed by atoms with Crippen molar-refractivity contribution in [1.29, 1.82) is 0 Å². The smallest absolute Gasteiger partial charge is 0.0588 e. The molecule has 0 heterocycles. The summed E-state index contributed by atoms with van der Waals surface area (Å²) in [5.41, 5.74) is 2.50. The van der Waals surface area contributed by atoms with Gasteiger partial charge >= 0.3 is 0 Å². The quantitative estimate of drug-likeness (QED) is 0.790. The highest BCUT2D eigenvalue weighted by Crippen LogP contribution is 2.20. The lowest BCUT2D eigenvalue weighted by Crippen LogP contribution is -2.37. The summed E-state index contributed by atoms with van der Waals surface area (Å²) in [5, 5.41) is 13.2. The summed E-state index contributed by atoms with van der Waals surface area (Å²) in [6.45, 7) is 2.30. The fourth-order valence-corrected chi connectivity index (χ4v) is 2.77. The van der Waals surface area contributed by atoms with Gasteiger partial charge in [0.15, 0.2) is 0 Å². The molecule has 112 valence electrons. The molecule has 2 N–H and O–H groups in total. The van der Waals surface area contributed by atoms with Crippen molar-refractivity contribution in [2.45, 2.75) is 31.8 Å². The molecule has 0 saturated heterocycles. The molecule has 0 aliphatic rings. The van der Waals surface area contributed by atoms with Gasteiger partial charge in [-0.05, 0) is 36.1 Å². The summed E-state index contributed by atoms with van der Waals surface area (Å²) >= 11 is 3.46. The van der Waals surface area contributed by atoms with Gasteiger partial charge in [-0.3, -0.25) is 0 Å². The van der Waals surface area contributed by atoms with E-state index in [-0.39, 0.29) is 18.7 Å². The molecule has 0 amide bonds. The van der Waals surface area contributed by atoms with Crippen LogP contribution in [-0.4, -0.2) is 17.8 Å². The highest BCUT2D eigenvalue weighted by molar-refractivity contribution is 9.10. The molecule has 0 aliphatic carbocycles. The van der Waals surface area contributed by atoms with Crippen LogP contribution in [0.25, 0.3) is 0 Å². The molecule has 2 atom stereocenters. The van der Waals surface area contributed by atoms with E-state index < -0.39 is 0 Å². The number of rotatable bonds is 7. The Hall–Kier alpha value is -1.16. The highest BCUT2D eigenvalue weighted by atomic mass is 79.9. The SMILES string of the molecule is CCC(NC(CO)Cc1ccccc1)c1ccc(Br)cc1. The third kappa shape index (κ3) is 4.95. The Morgan fingerprint density at radius 1 is 1.05 bits per heavy atom. The third-order valence-corrected chi connectivity index (χ3v) is 4.19. The van der Waals surface area contributed by atoms with Crippen LogP contribution in [0.4, 0.5) is 0 Å². The standard InChI is InChI=1S/C18H22BrNO/c1-2-18(15-8-10-16(19)11-9-15)20-17(13-21)12-14-6-4-3-5-7-14/h3-11,17-18,20-21H,2,12-13H2,1H3. The molecule has 0 spiro atoms. The van der Waals surface area contributed by atoms with Crippen LogP contribution in [0.15, 0.2) is 59.1 Å². The van der Waals surface area contributed by atoms with Crippen LogP contribution in [0.5, 0.6) is 0 Å². The van der Waals surface area contributed by atoms with E-state index in [9.17, 15) is 5.11 Å². The molecule has 0 aliphatic heterocycles. The summed E-state index contributed by atoms with van der Waals surface area (Å²) in [4.78, 5) is 0. The summed E-state index contributed by atoms with van der Waals surface area (Å²) < 4.78 is 1.09. The lowest BCUT2D eigenvalue weighted by molar-refractivity contribution is 0.229. The summed E-state index contributed by atoms with van der Waals surface area (Å²) in [7, 11) is 0. The zero-order valence-corrected chi connectivity index (χ0v) is 13.9. The van der Waals surface area contributed by atoms with Crippen LogP contribution < -0.4 is 5.32 Å². The summed E-state index contributed by atoms with van der Waals surface area (Å²) in [6.07, 6.45) is 1.83. The normalized spacial score (nSPS) is 13.9. The maximum Gasteiger partial charge on any atom is 0.0588 e. The predicted octanol–water partition coefficient (Wildman–Crippen LogP) is 4.09. The van der Waals surface area contributed by atoms with Gasteiger partial charge in [0.2, 0.25) is 0 Å². The number of benzene rings is 2. The fraction of sp³-hybridized carbons (Fsp3) is 0.333. The molecule has 2 rings (SSSR count). The second kappa shape index (κ2) is 8.32. The summed E-state index contributed by atoms with van der Waals surface area (Å²) in [6, 6.07) is 19.0. The van der Waals surface area contributed by atoms with Crippen LogP contribution in [0.2, 0.25) is 0 Å². The third-order valence-electron chi connectivity index (χ3n) is 3.66. The zero-order chi connectivity index (χ0) is 15.1. The first-order valence-corrected chi connectivity index (χ1v) is 8.18. The van der Waals surface area contributed by atoms with Gasteiger partial charge in [-0.25, -0.2) is 0 Å². The monoisotopic (exact) mass is 347 g/mol. The molecular weight excluding hydrogens is 326 g/mol. The Balaban J connectivity index is 2.03. The van der Waals surface area contributed by atoms with Crippen molar-refractivity contribution in [1.82, 2.24) is 5.32 Å². The van der Waals surface area contributed by atoms with E-state index in [1.165, 1.54) is 11.1 Å². The van der Waals surface area contributed by atoms with E-state index in [0.717, 1.165) is 17.3 Å². The number of hydrogen-bond donors (Lipinski definition) is 2. The first kappa shape index (κ1) is 16.2. The van der Waals surface area contributed by atoms with Gasteiger partial charge in [-0.15, -0.1) is 0 Å². The maximum atomic E-state index is 9.65. The van der Waals surface area contributed by atoms with Crippen molar-refractivity contribution in [3.8, 4) is 0 Å². The zero-order valence-electron chi connectivity index (χ0n) is 12.3. The van der Waals surface area contributed by atoms with Gasteiger partial charge < -0.3 is 10.4 Å². The van der Waals surface area contributed by atoms with Crippen molar-refractivity contribution in [2.24, 2.45) is 0 Å². The molecule has 0 fully saturated rings. The molecule has 0 aromatic heterocycles. The molecule has 21 heavy (non-hydrogen) atoms. The fourth-order valence-electron chi connectivity index (χ4n) is 2.50. The molecule has 0 bridgehead atoms. The average Bonchev–Trinajstić information content (AvgIpc) is 2.53. The number of nitrogens with one attached hydrogen (secondary N) is 1. The molecule has 2 aromatic rings. The molecule has 0 saturated carbocycles. The first-order valence-electron chi connectivity index (χ1n) is 7.39. The van der Waals surface area contributed by atoms with Gasteiger partial charge in [0.05, 0.1) is 6.61 Å². The van der Waals surface area contributed by atoms with E-state index in [1.54, 1.807) is 0 Å². The lowest BCUT2D eigenvalue weighted by atomic mass is 10.0. The minimum atomic E-state index is 0.0704. The van der Waals surface area contributed by atoms with Crippen molar-refractivity contribution in [2.75, 3.05) is 6.61 Å². The molecule has 3 heteroatoms. The van der Waals surface area contributed by atoms with Crippen molar-refractivity contribution < 1.29 is 5.11 Å². The van der Waals surface area contributed by atoms with E-state index in [4.69, 9.17) is 0 Å². The van der Waals surface area contributed by atoms with Crippen LogP contribution in [-0.2, 0) is 6.42 Å². The molecular formula is C18H22BrNO. The Bertz CT molecular complexity index is 527. The average molecular weight is 348 g/mol. The molecule has 0 radical (unpaired) electrons. The van der Waals surface area contributed by atoms with Crippen molar-refractivity contribution in [3.05, 3.63) is 70.2 Å². The van der Waals surface area contributed by atoms with E-state index >= 15 is 0 Å². The van der Waals surface area contributed by atoms with Gasteiger partial charge in [-0.1, -0.05) is 65.3 Å². The van der Waals surface area contributed by atoms with Gasteiger partial charge in [-0.2, -0.15) is 0 Å². The van der Waals surface area contributed by atoms with Crippen LogP contribution in [0, 0.1) is 0 Å². The molecule has 2 unspecified atom stereocenters. The van der Waals surface area contributed by atoms with Gasteiger partial charge in [0.1, 0.15) is 0 Å². The Kier molecular flexibility index (Phi) is 6.43. The van der Waals surface area contributed by atoms with E-state index in [0.29, 0.717) is 0 Å².